The molecule has 0 aliphatic carbocycles. The number of anilines is 1. The molecule has 2 heterocycles. The van der Waals surface area contributed by atoms with E-state index in [1.165, 1.54) is 11.3 Å². The minimum atomic E-state index is -0.420. The third-order valence-corrected chi connectivity index (χ3v) is 6.02. The summed E-state index contributed by atoms with van der Waals surface area (Å²) in [6.07, 6.45) is 0. The van der Waals surface area contributed by atoms with Gasteiger partial charge in [-0.05, 0) is 73.8 Å². The standard InChI is InChI=1S/C23H18ClN3O3S/c1-14-21(24)15(2)27(26-14)18-9-7-17(8-10-18)25-22(28)16-5-11-19(12-6-16)30-23(29)20-4-3-13-31-20/h3-13H,1-2H3,(H,25,28). The first-order valence-corrected chi connectivity index (χ1v) is 10.7. The van der Waals surface area contributed by atoms with Crippen molar-refractivity contribution in [3.8, 4) is 11.4 Å². The summed E-state index contributed by atoms with van der Waals surface area (Å²) in [6, 6.07) is 17.2. The van der Waals surface area contributed by atoms with Gasteiger partial charge in [-0.15, -0.1) is 11.3 Å². The summed E-state index contributed by atoms with van der Waals surface area (Å²) < 4.78 is 7.07. The van der Waals surface area contributed by atoms with Gasteiger partial charge >= 0.3 is 5.97 Å². The Balaban J connectivity index is 1.41. The maximum atomic E-state index is 12.5. The van der Waals surface area contributed by atoms with Crippen molar-refractivity contribution in [3.05, 3.63) is 92.9 Å². The largest absolute Gasteiger partial charge is 0.422 e. The number of esters is 1. The molecule has 0 bridgehead atoms. The Morgan fingerprint density at radius 3 is 2.32 bits per heavy atom. The van der Waals surface area contributed by atoms with Crippen LogP contribution in [0.15, 0.2) is 66.0 Å². The van der Waals surface area contributed by atoms with E-state index in [4.69, 9.17) is 16.3 Å². The van der Waals surface area contributed by atoms with Gasteiger partial charge in [-0.1, -0.05) is 17.7 Å². The summed E-state index contributed by atoms with van der Waals surface area (Å²) in [5.41, 5.74) is 3.57. The lowest BCUT2D eigenvalue weighted by molar-refractivity contribution is 0.0740. The van der Waals surface area contributed by atoms with Gasteiger partial charge in [-0.2, -0.15) is 5.10 Å². The van der Waals surface area contributed by atoms with Crippen LogP contribution in [0, 0.1) is 13.8 Å². The number of benzene rings is 2. The van der Waals surface area contributed by atoms with Crippen molar-refractivity contribution in [1.29, 1.82) is 0 Å². The molecule has 156 valence electrons. The van der Waals surface area contributed by atoms with Crippen molar-refractivity contribution in [2.75, 3.05) is 5.32 Å². The number of rotatable bonds is 5. The number of carbonyl (C=O) groups excluding carboxylic acids is 2. The van der Waals surface area contributed by atoms with Crippen LogP contribution >= 0.6 is 22.9 Å². The van der Waals surface area contributed by atoms with Gasteiger partial charge in [0.1, 0.15) is 10.6 Å². The number of amides is 1. The maximum absolute atomic E-state index is 12.5. The summed E-state index contributed by atoms with van der Waals surface area (Å²) >= 11 is 7.52. The van der Waals surface area contributed by atoms with Crippen molar-refractivity contribution < 1.29 is 14.3 Å². The predicted octanol–water partition coefficient (Wildman–Crippen LogP) is 5.68. The molecule has 0 aliphatic rings. The molecule has 2 aromatic heterocycles. The molecular weight excluding hydrogens is 434 g/mol. The van der Waals surface area contributed by atoms with Crippen LogP contribution in [-0.4, -0.2) is 21.7 Å². The number of hydrogen-bond donors (Lipinski definition) is 1. The van der Waals surface area contributed by atoms with Crippen LogP contribution in [0.25, 0.3) is 5.69 Å². The summed E-state index contributed by atoms with van der Waals surface area (Å²) in [4.78, 5) is 25.1. The number of hydrogen-bond acceptors (Lipinski definition) is 5. The zero-order valence-electron chi connectivity index (χ0n) is 16.8. The third-order valence-electron chi connectivity index (χ3n) is 4.62. The summed E-state index contributed by atoms with van der Waals surface area (Å²) in [5.74, 6) is -0.308. The van der Waals surface area contributed by atoms with E-state index in [2.05, 4.69) is 10.4 Å². The molecule has 0 saturated heterocycles. The number of nitrogens with zero attached hydrogens (tertiary/aromatic N) is 2. The Bertz CT molecular complexity index is 1230. The van der Waals surface area contributed by atoms with Gasteiger partial charge in [0.15, 0.2) is 0 Å². The fourth-order valence-electron chi connectivity index (χ4n) is 2.99. The Labute approximate surface area is 188 Å². The minimum absolute atomic E-state index is 0.266. The fourth-order valence-corrected chi connectivity index (χ4v) is 3.71. The molecule has 0 spiro atoms. The third kappa shape index (κ3) is 4.52. The van der Waals surface area contributed by atoms with Crippen molar-refractivity contribution in [3.63, 3.8) is 0 Å². The summed E-state index contributed by atoms with van der Waals surface area (Å²) in [7, 11) is 0. The first-order valence-electron chi connectivity index (χ1n) is 9.41. The molecular formula is C23H18ClN3O3S. The second-order valence-corrected chi connectivity index (χ2v) is 8.11. The molecule has 2 aromatic carbocycles. The highest BCUT2D eigenvalue weighted by molar-refractivity contribution is 7.12. The highest BCUT2D eigenvalue weighted by Gasteiger charge is 2.13. The second kappa shape index (κ2) is 8.75. The molecule has 6 nitrogen and oxygen atoms in total. The Morgan fingerprint density at radius 1 is 1.03 bits per heavy atom. The van der Waals surface area contributed by atoms with Gasteiger partial charge in [0.2, 0.25) is 0 Å². The zero-order chi connectivity index (χ0) is 22.0. The Hall–Kier alpha value is -3.42. The molecule has 8 heteroatoms. The lowest BCUT2D eigenvalue weighted by atomic mass is 10.2. The monoisotopic (exact) mass is 451 g/mol. The molecule has 1 N–H and O–H groups in total. The van der Waals surface area contributed by atoms with E-state index in [-0.39, 0.29) is 5.91 Å². The van der Waals surface area contributed by atoms with Crippen molar-refractivity contribution in [2.24, 2.45) is 0 Å². The number of thiophene rings is 1. The van der Waals surface area contributed by atoms with E-state index in [1.54, 1.807) is 53.2 Å². The minimum Gasteiger partial charge on any atom is -0.422 e. The van der Waals surface area contributed by atoms with Gasteiger partial charge in [-0.25, -0.2) is 9.48 Å². The van der Waals surface area contributed by atoms with Crippen LogP contribution in [-0.2, 0) is 0 Å². The number of halogens is 1. The summed E-state index contributed by atoms with van der Waals surface area (Å²) in [5, 5.41) is 9.72. The number of ether oxygens (including phenoxy) is 1. The highest BCUT2D eigenvalue weighted by Crippen LogP contribution is 2.23. The average molecular weight is 452 g/mol. The van der Waals surface area contributed by atoms with Gasteiger partial charge in [0.05, 0.1) is 22.1 Å². The molecule has 4 rings (SSSR count). The highest BCUT2D eigenvalue weighted by atomic mass is 35.5. The van der Waals surface area contributed by atoms with Crippen LogP contribution in [0.4, 0.5) is 5.69 Å². The zero-order valence-corrected chi connectivity index (χ0v) is 18.3. The van der Waals surface area contributed by atoms with Crippen LogP contribution in [0.3, 0.4) is 0 Å². The molecule has 31 heavy (non-hydrogen) atoms. The first kappa shape index (κ1) is 20.8. The summed E-state index contributed by atoms with van der Waals surface area (Å²) in [6.45, 7) is 3.76. The smallest absolute Gasteiger partial charge is 0.353 e. The maximum Gasteiger partial charge on any atom is 0.353 e. The average Bonchev–Trinajstić information content (AvgIpc) is 3.40. The molecule has 0 unspecified atom stereocenters. The van der Waals surface area contributed by atoms with Crippen molar-refractivity contribution in [1.82, 2.24) is 9.78 Å². The number of nitrogens with one attached hydrogen (secondary N) is 1. The molecule has 4 aromatic rings. The lowest BCUT2D eigenvalue weighted by Crippen LogP contribution is -2.12. The van der Waals surface area contributed by atoms with Gasteiger partial charge in [0.25, 0.3) is 5.91 Å². The van der Waals surface area contributed by atoms with E-state index in [9.17, 15) is 9.59 Å². The van der Waals surface area contributed by atoms with E-state index in [1.807, 2.05) is 31.4 Å². The van der Waals surface area contributed by atoms with E-state index in [0.717, 1.165) is 17.1 Å². The molecule has 1 amide bonds. The lowest BCUT2D eigenvalue weighted by Gasteiger charge is -2.09. The van der Waals surface area contributed by atoms with Crippen LogP contribution in [0.2, 0.25) is 5.02 Å². The van der Waals surface area contributed by atoms with Crippen molar-refractivity contribution >= 4 is 40.5 Å². The number of aromatic nitrogens is 2. The normalized spacial score (nSPS) is 10.7. The van der Waals surface area contributed by atoms with E-state index >= 15 is 0 Å². The van der Waals surface area contributed by atoms with Gasteiger partial charge < -0.3 is 10.1 Å². The quantitative estimate of drug-likeness (QED) is 0.313. The molecule has 0 atom stereocenters. The van der Waals surface area contributed by atoms with E-state index < -0.39 is 5.97 Å². The molecule has 0 fully saturated rings. The Morgan fingerprint density at radius 2 is 1.74 bits per heavy atom. The van der Waals surface area contributed by atoms with E-state index in [0.29, 0.717) is 26.9 Å². The SMILES string of the molecule is Cc1nn(-c2ccc(NC(=O)c3ccc(OC(=O)c4cccs4)cc3)cc2)c(C)c1Cl. The predicted molar refractivity (Wildman–Crippen MR) is 122 cm³/mol. The topological polar surface area (TPSA) is 73.2 Å². The fraction of sp³-hybridized carbons (Fsp3) is 0.0870. The van der Waals surface area contributed by atoms with Crippen LogP contribution < -0.4 is 10.1 Å². The van der Waals surface area contributed by atoms with Crippen LogP contribution in [0.1, 0.15) is 31.4 Å². The van der Waals surface area contributed by atoms with Gasteiger partial charge in [0, 0.05) is 11.3 Å². The second-order valence-electron chi connectivity index (χ2n) is 6.79. The van der Waals surface area contributed by atoms with Gasteiger partial charge in [-0.3, -0.25) is 4.79 Å². The molecule has 0 radical (unpaired) electrons. The first-order chi connectivity index (χ1) is 14.9. The number of aryl methyl sites for hydroxylation is 1. The Kier molecular flexibility index (Phi) is 5.88. The molecule has 0 aliphatic heterocycles. The number of carbonyl (C=O) groups is 2. The van der Waals surface area contributed by atoms with Crippen molar-refractivity contribution in [2.45, 2.75) is 13.8 Å². The van der Waals surface area contributed by atoms with Crippen LogP contribution in [0.5, 0.6) is 5.75 Å². The molecule has 0 saturated carbocycles.